The highest BCUT2D eigenvalue weighted by Crippen LogP contribution is 2.13. The Labute approximate surface area is 92.4 Å². The minimum Gasteiger partial charge on any atom is -0.396 e. The van der Waals surface area contributed by atoms with Crippen molar-refractivity contribution in [1.29, 1.82) is 0 Å². The number of nitrogen functional groups attached to an aromatic ring is 1. The normalized spacial score (nSPS) is 10.8. The van der Waals surface area contributed by atoms with Gasteiger partial charge in [-0.15, -0.1) is 0 Å². The molecule has 0 unspecified atom stereocenters. The number of nitrogens with two attached hydrogens (primary N) is 1. The van der Waals surface area contributed by atoms with E-state index in [0.717, 1.165) is 5.56 Å². The predicted octanol–water partition coefficient (Wildman–Crippen LogP) is 2.70. The van der Waals surface area contributed by atoms with Crippen molar-refractivity contribution in [3.05, 3.63) is 35.7 Å². The number of carbonyl (C=O) groups excluding carboxylic acids is 1. The molecule has 0 radical (unpaired) electrons. The van der Waals surface area contributed by atoms with Gasteiger partial charge in [0.15, 0.2) is 5.12 Å². The molecular formula is C11H12FNOS. The van der Waals surface area contributed by atoms with Crippen LogP contribution < -0.4 is 5.73 Å². The lowest BCUT2D eigenvalue weighted by atomic mass is 10.2. The Morgan fingerprint density at radius 2 is 2.33 bits per heavy atom. The fraction of sp³-hybridized carbons (Fsp3) is 0.182. The minimum atomic E-state index is -0.412. The second kappa shape index (κ2) is 5.56. The summed E-state index contributed by atoms with van der Waals surface area (Å²) in [5, 5.41) is 0.0817. The molecular weight excluding hydrogens is 213 g/mol. The number of anilines is 1. The maximum absolute atomic E-state index is 12.8. The molecule has 0 atom stereocenters. The van der Waals surface area contributed by atoms with Gasteiger partial charge in [0.25, 0.3) is 0 Å². The van der Waals surface area contributed by atoms with Crippen molar-refractivity contribution in [3.63, 3.8) is 0 Å². The Hall–Kier alpha value is -1.29. The summed E-state index contributed by atoms with van der Waals surface area (Å²) in [5.41, 5.74) is 6.37. The third kappa shape index (κ3) is 4.16. The zero-order valence-electron chi connectivity index (χ0n) is 8.37. The molecule has 0 amide bonds. The maximum Gasteiger partial charge on any atom is 0.186 e. The van der Waals surface area contributed by atoms with Crippen LogP contribution in [0.5, 0.6) is 0 Å². The van der Waals surface area contributed by atoms with Gasteiger partial charge in [0.1, 0.15) is 5.82 Å². The zero-order chi connectivity index (χ0) is 11.3. The standard InChI is InChI=1S/C11H12FNOS/c1-8(14)15-6-2-3-9-4-5-10(12)11(13)7-9/h2-5,7H,6,13H2,1H3. The van der Waals surface area contributed by atoms with Crippen LogP contribution in [0.25, 0.3) is 6.08 Å². The van der Waals surface area contributed by atoms with Crippen molar-refractivity contribution < 1.29 is 9.18 Å². The van der Waals surface area contributed by atoms with Crippen molar-refractivity contribution in [2.24, 2.45) is 0 Å². The summed E-state index contributed by atoms with van der Waals surface area (Å²) in [6.07, 6.45) is 3.66. The minimum absolute atomic E-state index is 0.0817. The van der Waals surface area contributed by atoms with Crippen molar-refractivity contribution in [3.8, 4) is 0 Å². The second-order valence-corrected chi connectivity index (χ2v) is 4.18. The highest BCUT2D eigenvalue weighted by atomic mass is 32.2. The number of hydrogen-bond acceptors (Lipinski definition) is 3. The van der Waals surface area contributed by atoms with Crippen LogP contribution >= 0.6 is 11.8 Å². The van der Waals surface area contributed by atoms with E-state index in [-0.39, 0.29) is 10.8 Å². The fourth-order valence-electron chi connectivity index (χ4n) is 1.02. The average molecular weight is 225 g/mol. The maximum atomic E-state index is 12.8. The summed E-state index contributed by atoms with van der Waals surface area (Å²) in [7, 11) is 0. The summed E-state index contributed by atoms with van der Waals surface area (Å²) in [6.45, 7) is 1.52. The number of rotatable bonds is 3. The second-order valence-electron chi connectivity index (χ2n) is 2.99. The Morgan fingerprint density at radius 3 is 2.93 bits per heavy atom. The predicted molar refractivity (Wildman–Crippen MR) is 63.0 cm³/mol. The molecule has 0 aromatic heterocycles. The molecule has 2 nitrogen and oxygen atoms in total. The van der Waals surface area contributed by atoms with Crippen molar-refractivity contribution in [2.45, 2.75) is 6.92 Å². The number of benzene rings is 1. The third-order valence-corrected chi connectivity index (χ3v) is 2.48. The van der Waals surface area contributed by atoms with Gasteiger partial charge in [-0.1, -0.05) is 30.0 Å². The summed E-state index contributed by atoms with van der Waals surface area (Å²) < 4.78 is 12.8. The van der Waals surface area contributed by atoms with Crippen molar-refractivity contribution in [1.82, 2.24) is 0 Å². The van der Waals surface area contributed by atoms with Gasteiger partial charge in [-0.3, -0.25) is 4.79 Å². The summed E-state index contributed by atoms with van der Waals surface area (Å²) >= 11 is 1.23. The van der Waals surface area contributed by atoms with Crippen LogP contribution in [0.3, 0.4) is 0 Å². The molecule has 1 aromatic rings. The van der Waals surface area contributed by atoms with Crippen LogP contribution in [0.15, 0.2) is 24.3 Å². The van der Waals surface area contributed by atoms with Gasteiger partial charge in [0.05, 0.1) is 5.69 Å². The van der Waals surface area contributed by atoms with Crippen LogP contribution in [-0.4, -0.2) is 10.9 Å². The molecule has 2 N–H and O–H groups in total. The first-order valence-electron chi connectivity index (χ1n) is 4.44. The molecule has 1 aromatic carbocycles. The summed E-state index contributed by atoms with van der Waals surface area (Å²) in [4.78, 5) is 10.6. The molecule has 0 aliphatic rings. The number of thioether (sulfide) groups is 1. The fourth-order valence-corrected chi connectivity index (χ4v) is 1.44. The zero-order valence-corrected chi connectivity index (χ0v) is 9.18. The van der Waals surface area contributed by atoms with Gasteiger partial charge in [-0.2, -0.15) is 0 Å². The molecule has 0 aliphatic carbocycles. The van der Waals surface area contributed by atoms with E-state index in [1.165, 1.54) is 24.8 Å². The number of hydrogen-bond donors (Lipinski definition) is 1. The van der Waals surface area contributed by atoms with Gasteiger partial charge in [0, 0.05) is 12.7 Å². The molecule has 0 saturated heterocycles. The largest absolute Gasteiger partial charge is 0.396 e. The first-order chi connectivity index (χ1) is 7.09. The van der Waals surface area contributed by atoms with Gasteiger partial charge < -0.3 is 5.73 Å². The summed E-state index contributed by atoms with van der Waals surface area (Å²) in [6, 6.07) is 4.53. The van der Waals surface area contributed by atoms with E-state index in [0.29, 0.717) is 5.75 Å². The van der Waals surface area contributed by atoms with E-state index in [1.54, 1.807) is 12.1 Å². The molecule has 0 spiro atoms. The van der Waals surface area contributed by atoms with E-state index in [9.17, 15) is 9.18 Å². The van der Waals surface area contributed by atoms with Gasteiger partial charge in [-0.25, -0.2) is 4.39 Å². The van der Waals surface area contributed by atoms with Crippen LogP contribution in [-0.2, 0) is 4.79 Å². The van der Waals surface area contributed by atoms with Crippen LogP contribution in [0.4, 0.5) is 10.1 Å². The average Bonchev–Trinajstić information content (AvgIpc) is 2.18. The van der Waals surface area contributed by atoms with E-state index in [4.69, 9.17) is 5.73 Å². The molecule has 0 aliphatic heterocycles. The lowest BCUT2D eigenvalue weighted by molar-refractivity contribution is -0.109. The van der Waals surface area contributed by atoms with Crippen LogP contribution in [0.2, 0.25) is 0 Å². The highest BCUT2D eigenvalue weighted by Gasteiger charge is 1.96. The lowest BCUT2D eigenvalue weighted by Crippen LogP contribution is -1.90. The van der Waals surface area contributed by atoms with E-state index >= 15 is 0 Å². The van der Waals surface area contributed by atoms with E-state index in [1.807, 2.05) is 12.2 Å². The molecule has 0 heterocycles. The smallest absolute Gasteiger partial charge is 0.186 e. The molecule has 80 valence electrons. The van der Waals surface area contributed by atoms with Gasteiger partial charge in [0.2, 0.25) is 0 Å². The Morgan fingerprint density at radius 1 is 1.60 bits per heavy atom. The SMILES string of the molecule is CC(=O)SCC=Cc1ccc(F)c(N)c1. The quantitative estimate of drug-likeness (QED) is 0.804. The van der Waals surface area contributed by atoms with Crippen LogP contribution in [0.1, 0.15) is 12.5 Å². The summed E-state index contributed by atoms with van der Waals surface area (Å²) in [5.74, 6) is 0.206. The van der Waals surface area contributed by atoms with Gasteiger partial charge >= 0.3 is 0 Å². The number of halogens is 1. The van der Waals surface area contributed by atoms with Crippen molar-refractivity contribution >= 4 is 28.6 Å². The Bertz CT molecular complexity index is 390. The van der Waals surface area contributed by atoms with Gasteiger partial charge in [-0.05, 0) is 17.7 Å². The number of carbonyl (C=O) groups is 1. The molecule has 4 heteroatoms. The van der Waals surface area contributed by atoms with Crippen LogP contribution in [0, 0.1) is 5.82 Å². The highest BCUT2D eigenvalue weighted by molar-refractivity contribution is 8.13. The molecule has 1 rings (SSSR count). The lowest BCUT2D eigenvalue weighted by Gasteiger charge is -1.97. The Balaban J connectivity index is 2.57. The monoisotopic (exact) mass is 225 g/mol. The first kappa shape index (κ1) is 11.8. The topological polar surface area (TPSA) is 43.1 Å². The molecule has 0 bridgehead atoms. The third-order valence-electron chi connectivity index (χ3n) is 1.71. The first-order valence-corrected chi connectivity index (χ1v) is 5.43. The molecule has 15 heavy (non-hydrogen) atoms. The van der Waals surface area contributed by atoms with E-state index < -0.39 is 5.82 Å². The van der Waals surface area contributed by atoms with E-state index in [2.05, 4.69) is 0 Å². The molecule has 0 saturated carbocycles. The van der Waals surface area contributed by atoms with Crippen molar-refractivity contribution in [2.75, 3.05) is 11.5 Å². The Kier molecular flexibility index (Phi) is 4.37. The molecule has 0 fully saturated rings.